The van der Waals surface area contributed by atoms with E-state index in [9.17, 15) is 0 Å². The van der Waals surface area contributed by atoms with Crippen LogP contribution in [0.1, 0.15) is 17.8 Å². The molecule has 0 saturated heterocycles. The SMILES string of the molecule is Cc1nc2cc(Nc3cc(-c4ccccn4)nc(NC4CC4)n3)ccc2s1. The number of thiazole rings is 1. The van der Waals surface area contributed by atoms with Gasteiger partial charge in [0.1, 0.15) is 5.82 Å². The Hall–Kier alpha value is -3.06. The first-order chi connectivity index (χ1) is 13.2. The highest BCUT2D eigenvalue weighted by Gasteiger charge is 2.22. The highest BCUT2D eigenvalue weighted by molar-refractivity contribution is 7.18. The van der Waals surface area contributed by atoms with Gasteiger partial charge in [0.05, 0.1) is 26.6 Å². The number of fused-ring (bicyclic) bond motifs is 1. The third-order valence-electron chi connectivity index (χ3n) is 4.33. The van der Waals surface area contributed by atoms with Crippen molar-refractivity contribution in [2.24, 2.45) is 0 Å². The van der Waals surface area contributed by atoms with Crippen LogP contribution in [0.15, 0.2) is 48.7 Å². The molecule has 134 valence electrons. The van der Waals surface area contributed by atoms with E-state index < -0.39 is 0 Å². The Labute approximate surface area is 160 Å². The fourth-order valence-corrected chi connectivity index (χ4v) is 3.71. The number of anilines is 3. The van der Waals surface area contributed by atoms with Crippen LogP contribution in [0.25, 0.3) is 21.6 Å². The summed E-state index contributed by atoms with van der Waals surface area (Å²) in [5.74, 6) is 1.37. The summed E-state index contributed by atoms with van der Waals surface area (Å²) < 4.78 is 1.19. The molecule has 2 N–H and O–H groups in total. The van der Waals surface area contributed by atoms with Crippen LogP contribution in [0.3, 0.4) is 0 Å². The van der Waals surface area contributed by atoms with Gasteiger partial charge in [-0.05, 0) is 50.1 Å². The molecule has 0 amide bonds. The molecule has 1 aliphatic carbocycles. The average molecular weight is 374 g/mol. The Kier molecular flexibility index (Phi) is 3.94. The Morgan fingerprint density at radius 2 is 1.93 bits per heavy atom. The molecule has 0 radical (unpaired) electrons. The van der Waals surface area contributed by atoms with Crippen molar-refractivity contribution < 1.29 is 0 Å². The van der Waals surface area contributed by atoms with Crippen LogP contribution < -0.4 is 10.6 Å². The number of aromatic nitrogens is 4. The maximum atomic E-state index is 4.64. The first kappa shape index (κ1) is 16.1. The lowest BCUT2D eigenvalue weighted by atomic mass is 10.2. The molecule has 4 aromatic rings. The molecule has 0 unspecified atom stereocenters. The van der Waals surface area contributed by atoms with Gasteiger partial charge in [-0.3, -0.25) is 4.98 Å². The van der Waals surface area contributed by atoms with Crippen LogP contribution in [0.4, 0.5) is 17.5 Å². The van der Waals surface area contributed by atoms with E-state index in [4.69, 9.17) is 0 Å². The number of pyridine rings is 1. The van der Waals surface area contributed by atoms with Crippen molar-refractivity contribution in [3.8, 4) is 11.4 Å². The minimum atomic E-state index is 0.478. The Morgan fingerprint density at radius 3 is 2.74 bits per heavy atom. The number of rotatable bonds is 5. The summed E-state index contributed by atoms with van der Waals surface area (Å²) in [5, 5.41) is 7.85. The number of benzene rings is 1. The lowest BCUT2D eigenvalue weighted by molar-refractivity contribution is 1.05. The smallest absolute Gasteiger partial charge is 0.225 e. The van der Waals surface area contributed by atoms with E-state index in [1.165, 1.54) is 17.5 Å². The third-order valence-corrected chi connectivity index (χ3v) is 5.28. The third kappa shape index (κ3) is 3.59. The van der Waals surface area contributed by atoms with Gasteiger partial charge in [-0.25, -0.2) is 9.97 Å². The number of nitrogens with zero attached hydrogens (tertiary/aromatic N) is 4. The van der Waals surface area contributed by atoms with E-state index in [0.717, 1.165) is 33.4 Å². The zero-order valence-corrected chi connectivity index (χ0v) is 15.6. The molecule has 1 aliphatic rings. The van der Waals surface area contributed by atoms with Crippen molar-refractivity contribution in [3.05, 3.63) is 53.7 Å². The summed E-state index contributed by atoms with van der Waals surface area (Å²) in [7, 11) is 0. The molecule has 0 aliphatic heterocycles. The predicted molar refractivity (Wildman–Crippen MR) is 110 cm³/mol. The molecule has 7 heteroatoms. The molecule has 1 aromatic carbocycles. The van der Waals surface area contributed by atoms with Gasteiger partial charge >= 0.3 is 0 Å². The number of hydrogen-bond acceptors (Lipinski definition) is 7. The second-order valence-electron chi connectivity index (χ2n) is 6.64. The molecule has 5 rings (SSSR count). The van der Waals surface area contributed by atoms with Crippen LogP contribution in [0, 0.1) is 6.92 Å². The molecule has 3 aromatic heterocycles. The van der Waals surface area contributed by atoms with Crippen LogP contribution in [-0.2, 0) is 0 Å². The summed E-state index contributed by atoms with van der Waals surface area (Å²) in [4.78, 5) is 18.3. The fourth-order valence-electron chi connectivity index (χ4n) is 2.90. The van der Waals surface area contributed by atoms with E-state index in [1.54, 1.807) is 17.5 Å². The minimum absolute atomic E-state index is 0.478. The number of hydrogen-bond donors (Lipinski definition) is 2. The van der Waals surface area contributed by atoms with Crippen LogP contribution in [0.5, 0.6) is 0 Å². The molecule has 1 fully saturated rings. The maximum Gasteiger partial charge on any atom is 0.225 e. The highest BCUT2D eigenvalue weighted by atomic mass is 32.1. The fraction of sp³-hybridized carbons (Fsp3) is 0.200. The van der Waals surface area contributed by atoms with Gasteiger partial charge in [0.15, 0.2) is 0 Å². The van der Waals surface area contributed by atoms with Crippen molar-refractivity contribution in [2.75, 3.05) is 10.6 Å². The Morgan fingerprint density at radius 1 is 1.00 bits per heavy atom. The molecular formula is C20H18N6S. The number of aryl methyl sites for hydroxylation is 1. The second kappa shape index (κ2) is 6.59. The molecule has 1 saturated carbocycles. The van der Waals surface area contributed by atoms with Crippen LogP contribution in [0.2, 0.25) is 0 Å². The molecular weight excluding hydrogens is 356 g/mol. The Balaban J connectivity index is 1.51. The predicted octanol–water partition coefficient (Wildman–Crippen LogP) is 4.77. The lowest BCUT2D eigenvalue weighted by Gasteiger charge is -2.11. The van der Waals surface area contributed by atoms with Crippen LogP contribution >= 0.6 is 11.3 Å². The molecule has 6 nitrogen and oxygen atoms in total. The van der Waals surface area contributed by atoms with Gasteiger partial charge in [0.25, 0.3) is 0 Å². The van der Waals surface area contributed by atoms with Gasteiger partial charge in [-0.1, -0.05) is 6.07 Å². The summed E-state index contributed by atoms with van der Waals surface area (Å²) in [5.41, 5.74) is 3.57. The minimum Gasteiger partial charge on any atom is -0.351 e. The van der Waals surface area contributed by atoms with Crippen molar-refractivity contribution in [1.29, 1.82) is 0 Å². The molecule has 0 atom stereocenters. The summed E-state index contributed by atoms with van der Waals surface area (Å²) in [6, 6.07) is 14.4. The first-order valence-corrected chi connectivity index (χ1v) is 9.76. The summed E-state index contributed by atoms with van der Waals surface area (Å²) in [6.07, 6.45) is 4.11. The van der Waals surface area contributed by atoms with Gasteiger partial charge in [0, 0.05) is 24.0 Å². The van der Waals surface area contributed by atoms with Crippen LogP contribution in [-0.4, -0.2) is 26.0 Å². The van der Waals surface area contributed by atoms with E-state index >= 15 is 0 Å². The monoisotopic (exact) mass is 374 g/mol. The topological polar surface area (TPSA) is 75.6 Å². The molecule has 27 heavy (non-hydrogen) atoms. The normalized spacial score (nSPS) is 13.7. The van der Waals surface area contributed by atoms with E-state index in [2.05, 4.69) is 48.8 Å². The molecule has 3 heterocycles. The second-order valence-corrected chi connectivity index (χ2v) is 7.87. The standard InChI is InChI=1S/C20H18N6S/c1-12-22-17-10-14(7-8-18(17)27-12)23-19-11-16(15-4-2-3-9-21-15)25-20(26-19)24-13-5-6-13/h2-4,7-11,13H,5-6H2,1H3,(H2,23,24,25,26). The van der Waals surface area contributed by atoms with Crippen molar-refractivity contribution in [3.63, 3.8) is 0 Å². The summed E-state index contributed by atoms with van der Waals surface area (Å²) >= 11 is 1.70. The summed E-state index contributed by atoms with van der Waals surface area (Å²) in [6.45, 7) is 2.02. The largest absolute Gasteiger partial charge is 0.351 e. The van der Waals surface area contributed by atoms with Gasteiger partial charge < -0.3 is 10.6 Å². The van der Waals surface area contributed by atoms with Crippen molar-refractivity contribution in [1.82, 2.24) is 19.9 Å². The van der Waals surface area contributed by atoms with Gasteiger partial charge in [-0.15, -0.1) is 11.3 Å². The van der Waals surface area contributed by atoms with Gasteiger partial charge in [0.2, 0.25) is 5.95 Å². The number of nitrogens with one attached hydrogen (secondary N) is 2. The van der Waals surface area contributed by atoms with E-state index in [0.29, 0.717) is 12.0 Å². The quantitative estimate of drug-likeness (QED) is 0.524. The zero-order valence-electron chi connectivity index (χ0n) is 14.8. The molecule has 0 spiro atoms. The lowest BCUT2D eigenvalue weighted by Crippen LogP contribution is -2.08. The van der Waals surface area contributed by atoms with Gasteiger partial charge in [-0.2, -0.15) is 4.98 Å². The Bertz CT molecular complexity index is 1100. The highest BCUT2D eigenvalue weighted by Crippen LogP contribution is 2.29. The van der Waals surface area contributed by atoms with Crippen molar-refractivity contribution in [2.45, 2.75) is 25.8 Å². The van der Waals surface area contributed by atoms with E-state index in [-0.39, 0.29) is 0 Å². The maximum absolute atomic E-state index is 4.64. The molecule has 0 bridgehead atoms. The first-order valence-electron chi connectivity index (χ1n) is 8.94. The average Bonchev–Trinajstić information content (AvgIpc) is 3.40. The van der Waals surface area contributed by atoms with E-state index in [1.807, 2.05) is 31.2 Å². The zero-order chi connectivity index (χ0) is 18.2. The van der Waals surface area contributed by atoms with Crippen molar-refractivity contribution >= 4 is 39.0 Å².